The molecule has 0 saturated heterocycles. The Morgan fingerprint density at radius 2 is 1.54 bits per heavy atom. The van der Waals surface area contributed by atoms with Crippen molar-refractivity contribution in [1.82, 2.24) is 16.0 Å². The molecule has 158 valence electrons. The molecule has 0 aliphatic rings. The number of aliphatic carboxylic acids is 1. The molecule has 0 spiro atoms. The molecule has 13 nitrogen and oxygen atoms in total. The van der Waals surface area contributed by atoms with E-state index in [2.05, 4.69) is 28.6 Å². The predicted octanol–water partition coefficient (Wildman–Crippen LogP) is -4.45. The van der Waals surface area contributed by atoms with Crippen LogP contribution in [0.25, 0.3) is 0 Å². The molecule has 0 aromatic carbocycles. The van der Waals surface area contributed by atoms with Gasteiger partial charge in [0.2, 0.25) is 29.5 Å². The lowest BCUT2D eigenvalue weighted by molar-refractivity contribution is -0.141. The van der Waals surface area contributed by atoms with Gasteiger partial charge >= 0.3 is 5.97 Å². The Bertz CT molecular complexity index is 629. The second kappa shape index (κ2) is 12.5. The maximum absolute atomic E-state index is 12.2. The molecule has 0 saturated carbocycles. The molecule has 5 amide bonds. The second-order valence-corrected chi connectivity index (χ2v) is 6.07. The minimum absolute atomic E-state index is 0.163. The summed E-state index contributed by atoms with van der Waals surface area (Å²) < 4.78 is 0. The second-order valence-electron chi connectivity index (χ2n) is 5.70. The molecule has 0 bridgehead atoms. The maximum Gasteiger partial charge on any atom is 0.327 e. The lowest BCUT2D eigenvalue weighted by Crippen LogP contribution is -2.54. The van der Waals surface area contributed by atoms with Gasteiger partial charge in [-0.2, -0.15) is 12.6 Å². The number of carbonyl (C=O) groups is 6. The van der Waals surface area contributed by atoms with Crippen molar-refractivity contribution in [3.8, 4) is 0 Å². The average Bonchev–Trinajstić information content (AvgIpc) is 2.59. The number of rotatable bonds is 13. The zero-order valence-electron chi connectivity index (χ0n) is 14.8. The van der Waals surface area contributed by atoms with E-state index in [4.69, 9.17) is 22.3 Å². The van der Waals surface area contributed by atoms with E-state index >= 15 is 0 Å². The van der Waals surface area contributed by atoms with E-state index in [0.717, 1.165) is 0 Å². The number of thiol groups is 1. The van der Waals surface area contributed by atoms with Crippen LogP contribution in [0.4, 0.5) is 0 Å². The van der Waals surface area contributed by atoms with Crippen LogP contribution in [-0.2, 0) is 28.8 Å². The molecule has 0 aliphatic carbocycles. The maximum atomic E-state index is 12.2. The van der Waals surface area contributed by atoms with Gasteiger partial charge in [-0.05, 0) is 6.42 Å². The molecule has 3 atom stereocenters. The molecule has 0 aliphatic heterocycles. The largest absolute Gasteiger partial charge is 0.480 e. The summed E-state index contributed by atoms with van der Waals surface area (Å²) in [5, 5.41) is 15.4. The van der Waals surface area contributed by atoms with Gasteiger partial charge in [0.05, 0.1) is 19.0 Å². The van der Waals surface area contributed by atoms with E-state index in [9.17, 15) is 28.8 Å². The number of nitrogens with two attached hydrogens (primary N) is 3. The minimum Gasteiger partial charge on any atom is -0.480 e. The quantitative estimate of drug-likeness (QED) is 0.135. The summed E-state index contributed by atoms with van der Waals surface area (Å²) in [6.45, 7) is -0.591. The summed E-state index contributed by atoms with van der Waals surface area (Å²) in [4.78, 5) is 68.4. The third kappa shape index (κ3) is 10.3. The van der Waals surface area contributed by atoms with Gasteiger partial charge in [-0.3, -0.25) is 24.0 Å². The van der Waals surface area contributed by atoms with E-state index < -0.39 is 66.6 Å². The van der Waals surface area contributed by atoms with Crippen LogP contribution in [-0.4, -0.2) is 71.0 Å². The van der Waals surface area contributed by atoms with Gasteiger partial charge in [-0.15, -0.1) is 0 Å². The molecular formula is C14H24N6O7S. The topological polar surface area (TPSA) is 237 Å². The first-order valence-corrected chi connectivity index (χ1v) is 8.64. The molecule has 10 N–H and O–H groups in total. The summed E-state index contributed by atoms with van der Waals surface area (Å²) in [6.07, 6.45) is -0.902. The van der Waals surface area contributed by atoms with Crippen LogP contribution in [0.1, 0.15) is 19.3 Å². The molecule has 0 rings (SSSR count). The number of hydrogen-bond donors (Lipinski definition) is 8. The number of nitrogens with one attached hydrogen (secondary N) is 3. The Kier molecular flexibility index (Phi) is 11.2. The smallest absolute Gasteiger partial charge is 0.327 e. The highest BCUT2D eigenvalue weighted by atomic mass is 32.1. The van der Waals surface area contributed by atoms with Crippen molar-refractivity contribution in [2.45, 2.75) is 37.4 Å². The number of amides is 5. The summed E-state index contributed by atoms with van der Waals surface area (Å²) >= 11 is 3.78. The molecule has 3 unspecified atom stereocenters. The average molecular weight is 420 g/mol. The molecule has 0 aromatic heterocycles. The van der Waals surface area contributed by atoms with Crippen molar-refractivity contribution >= 4 is 48.1 Å². The van der Waals surface area contributed by atoms with Crippen molar-refractivity contribution in [2.24, 2.45) is 17.2 Å². The standard InChI is InChI=1S/C14H24N6O7S/c15-6(3-10(17)22)12(24)20-7(1-2-9(16)21)13(25)18-4-11(23)19-8(5-28)14(26)27/h6-8,28H,1-5,15H2,(H2,16,21)(H2,17,22)(H,18,25)(H,19,23)(H,20,24)(H,26,27). The monoisotopic (exact) mass is 420 g/mol. The number of carbonyl (C=O) groups excluding carboxylic acids is 5. The van der Waals surface area contributed by atoms with Crippen molar-refractivity contribution in [2.75, 3.05) is 12.3 Å². The van der Waals surface area contributed by atoms with Crippen LogP contribution < -0.4 is 33.2 Å². The van der Waals surface area contributed by atoms with Crippen molar-refractivity contribution in [3.63, 3.8) is 0 Å². The van der Waals surface area contributed by atoms with Crippen LogP contribution >= 0.6 is 12.6 Å². The minimum atomic E-state index is -1.31. The first-order valence-electron chi connectivity index (χ1n) is 8.01. The molecule has 0 aromatic rings. The van der Waals surface area contributed by atoms with Gasteiger partial charge in [0.15, 0.2) is 0 Å². The number of carboxylic acids is 1. The van der Waals surface area contributed by atoms with Crippen LogP contribution in [0, 0.1) is 0 Å². The highest BCUT2D eigenvalue weighted by molar-refractivity contribution is 7.80. The van der Waals surface area contributed by atoms with E-state index in [1.165, 1.54) is 0 Å². The van der Waals surface area contributed by atoms with Crippen LogP contribution in [0.5, 0.6) is 0 Å². The summed E-state index contributed by atoms with van der Waals surface area (Å²) in [6, 6.07) is -3.83. The lowest BCUT2D eigenvalue weighted by atomic mass is 10.1. The van der Waals surface area contributed by atoms with Gasteiger partial charge in [-0.1, -0.05) is 0 Å². The molecule has 0 fully saturated rings. The molecular weight excluding hydrogens is 396 g/mol. The van der Waals surface area contributed by atoms with E-state index in [1.54, 1.807) is 0 Å². The van der Waals surface area contributed by atoms with Crippen molar-refractivity contribution in [3.05, 3.63) is 0 Å². The summed E-state index contributed by atoms with van der Waals surface area (Å²) in [7, 11) is 0. The van der Waals surface area contributed by atoms with Gasteiger partial charge in [0, 0.05) is 12.2 Å². The third-order valence-electron chi connectivity index (χ3n) is 3.31. The van der Waals surface area contributed by atoms with Gasteiger partial charge in [0.25, 0.3) is 0 Å². The number of carboxylic acid groups (broad SMARTS) is 1. The molecule has 14 heteroatoms. The Balaban J connectivity index is 4.86. The van der Waals surface area contributed by atoms with E-state index in [-0.39, 0.29) is 18.6 Å². The van der Waals surface area contributed by atoms with Crippen LogP contribution in [0.2, 0.25) is 0 Å². The number of primary amides is 2. The normalized spacial score (nSPS) is 13.5. The summed E-state index contributed by atoms with van der Waals surface area (Å²) in [5.74, 6) is -5.53. The molecule has 0 radical (unpaired) electrons. The van der Waals surface area contributed by atoms with Crippen molar-refractivity contribution in [1.29, 1.82) is 0 Å². The van der Waals surface area contributed by atoms with Crippen LogP contribution in [0.3, 0.4) is 0 Å². The zero-order chi connectivity index (χ0) is 21.9. The lowest BCUT2D eigenvalue weighted by Gasteiger charge is -2.20. The highest BCUT2D eigenvalue weighted by Crippen LogP contribution is 1.99. The molecule has 28 heavy (non-hydrogen) atoms. The Morgan fingerprint density at radius 1 is 0.929 bits per heavy atom. The van der Waals surface area contributed by atoms with E-state index in [0.29, 0.717) is 0 Å². The zero-order valence-corrected chi connectivity index (χ0v) is 15.7. The number of hydrogen-bond acceptors (Lipinski definition) is 8. The first kappa shape index (κ1) is 25.1. The van der Waals surface area contributed by atoms with Gasteiger partial charge in [0.1, 0.15) is 12.1 Å². The molecule has 0 heterocycles. The van der Waals surface area contributed by atoms with E-state index in [1.807, 2.05) is 0 Å². The van der Waals surface area contributed by atoms with Gasteiger partial charge < -0.3 is 38.3 Å². The Hall–Kier alpha value is -2.87. The fourth-order valence-electron chi connectivity index (χ4n) is 1.87. The third-order valence-corrected chi connectivity index (χ3v) is 3.67. The first-order chi connectivity index (χ1) is 13.0. The van der Waals surface area contributed by atoms with Crippen molar-refractivity contribution < 1.29 is 33.9 Å². The fraction of sp³-hybridized carbons (Fsp3) is 0.571. The Morgan fingerprint density at radius 3 is 2.00 bits per heavy atom. The SMILES string of the molecule is NC(=O)CCC(NC(=O)C(N)CC(N)=O)C(=O)NCC(=O)NC(CS)C(=O)O. The Labute approximate surface area is 165 Å². The fourth-order valence-corrected chi connectivity index (χ4v) is 2.11. The van der Waals surface area contributed by atoms with Gasteiger partial charge in [-0.25, -0.2) is 4.79 Å². The predicted molar refractivity (Wildman–Crippen MR) is 98.6 cm³/mol. The van der Waals surface area contributed by atoms with Crippen LogP contribution in [0.15, 0.2) is 0 Å². The summed E-state index contributed by atoms with van der Waals surface area (Å²) in [5.41, 5.74) is 15.4. The highest BCUT2D eigenvalue weighted by Gasteiger charge is 2.26.